The summed E-state index contributed by atoms with van der Waals surface area (Å²) in [4.78, 5) is 11.5. The fraction of sp³-hybridized carbons (Fsp3) is 0.400. The molecule has 1 aliphatic carbocycles. The number of carbonyl (C=O) groups excluding carboxylic acids is 1. The highest BCUT2D eigenvalue weighted by atomic mass is 16.5. The van der Waals surface area contributed by atoms with E-state index in [2.05, 4.69) is 10.6 Å². The van der Waals surface area contributed by atoms with Crippen LogP contribution in [0.1, 0.15) is 24.8 Å². The van der Waals surface area contributed by atoms with Gasteiger partial charge in [-0.15, -0.1) is 0 Å². The van der Waals surface area contributed by atoms with Crippen molar-refractivity contribution >= 4 is 5.91 Å². The Labute approximate surface area is 112 Å². The minimum atomic E-state index is -0.0937. The predicted octanol–water partition coefficient (Wildman–Crippen LogP) is 1.72. The SMILES string of the molecule is COc1ccc(CNC2=CC(=O)NC23CCC3)cc1. The van der Waals surface area contributed by atoms with E-state index in [4.69, 9.17) is 4.74 Å². The van der Waals surface area contributed by atoms with Crippen LogP contribution in [-0.4, -0.2) is 18.6 Å². The molecule has 1 aromatic carbocycles. The molecular weight excluding hydrogens is 240 g/mol. The highest BCUT2D eigenvalue weighted by Gasteiger charge is 2.45. The van der Waals surface area contributed by atoms with Crippen LogP contribution < -0.4 is 15.4 Å². The van der Waals surface area contributed by atoms with Crippen LogP contribution in [0.5, 0.6) is 5.75 Å². The summed E-state index contributed by atoms with van der Waals surface area (Å²) in [6.07, 6.45) is 4.96. The highest BCUT2D eigenvalue weighted by Crippen LogP contribution is 2.39. The van der Waals surface area contributed by atoms with Gasteiger partial charge < -0.3 is 15.4 Å². The second kappa shape index (κ2) is 4.61. The van der Waals surface area contributed by atoms with E-state index in [1.54, 1.807) is 13.2 Å². The molecule has 0 saturated heterocycles. The van der Waals surface area contributed by atoms with E-state index in [0.717, 1.165) is 30.8 Å². The molecule has 1 heterocycles. The van der Waals surface area contributed by atoms with E-state index in [1.807, 2.05) is 24.3 Å². The van der Waals surface area contributed by atoms with Gasteiger partial charge in [0.1, 0.15) is 5.75 Å². The second-order valence-electron chi connectivity index (χ2n) is 5.18. The monoisotopic (exact) mass is 258 g/mol. The lowest BCUT2D eigenvalue weighted by Crippen LogP contribution is -2.52. The predicted molar refractivity (Wildman–Crippen MR) is 72.6 cm³/mol. The molecule has 0 aromatic heterocycles. The lowest BCUT2D eigenvalue weighted by molar-refractivity contribution is -0.117. The fourth-order valence-electron chi connectivity index (χ4n) is 2.69. The van der Waals surface area contributed by atoms with Gasteiger partial charge in [0, 0.05) is 18.3 Å². The molecule has 0 unspecified atom stereocenters. The Morgan fingerprint density at radius 2 is 2.05 bits per heavy atom. The van der Waals surface area contributed by atoms with Gasteiger partial charge in [-0.25, -0.2) is 0 Å². The summed E-state index contributed by atoms with van der Waals surface area (Å²) in [6.45, 7) is 0.729. The molecule has 0 radical (unpaired) electrons. The summed E-state index contributed by atoms with van der Waals surface area (Å²) < 4.78 is 5.13. The molecule has 2 aliphatic rings. The number of amides is 1. The summed E-state index contributed by atoms with van der Waals surface area (Å²) in [5, 5.41) is 6.45. The van der Waals surface area contributed by atoms with Gasteiger partial charge in [-0.05, 0) is 37.0 Å². The largest absolute Gasteiger partial charge is 0.497 e. The lowest BCUT2D eigenvalue weighted by Gasteiger charge is -2.40. The van der Waals surface area contributed by atoms with E-state index in [1.165, 1.54) is 12.0 Å². The van der Waals surface area contributed by atoms with Crippen molar-refractivity contribution in [2.24, 2.45) is 0 Å². The van der Waals surface area contributed by atoms with Gasteiger partial charge in [0.2, 0.25) is 5.91 Å². The summed E-state index contributed by atoms with van der Waals surface area (Å²) in [7, 11) is 1.66. The Bertz CT molecular complexity index is 515. The van der Waals surface area contributed by atoms with Gasteiger partial charge >= 0.3 is 0 Å². The number of ether oxygens (including phenoxy) is 1. The van der Waals surface area contributed by atoms with E-state index >= 15 is 0 Å². The zero-order valence-electron chi connectivity index (χ0n) is 11.0. The van der Waals surface area contributed by atoms with Gasteiger partial charge in [0.05, 0.1) is 12.6 Å². The molecule has 2 N–H and O–H groups in total. The van der Waals surface area contributed by atoms with Crippen LogP contribution in [0.25, 0.3) is 0 Å². The van der Waals surface area contributed by atoms with Crippen LogP contribution in [-0.2, 0) is 11.3 Å². The van der Waals surface area contributed by atoms with Gasteiger partial charge in [0.25, 0.3) is 0 Å². The van der Waals surface area contributed by atoms with Crippen molar-refractivity contribution in [2.45, 2.75) is 31.3 Å². The Morgan fingerprint density at radius 3 is 2.63 bits per heavy atom. The molecule has 4 nitrogen and oxygen atoms in total. The summed E-state index contributed by atoms with van der Waals surface area (Å²) in [6, 6.07) is 7.96. The minimum absolute atomic E-state index is 0.0249. The molecule has 0 bridgehead atoms. The number of hydrogen-bond acceptors (Lipinski definition) is 3. The zero-order valence-corrected chi connectivity index (χ0v) is 11.0. The van der Waals surface area contributed by atoms with Crippen molar-refractivity contribution in [3.05, 3.63) is 41.6 Å². The molecule has 1 aliphatic heterocycles. The van der Waals surface area contributed by atoms with Crippen LogP contribution >= 0.6 is 0 Å². The highest BCUT2D eigenvalue weighted by molar-refractivity contribution is 5.93. The molecule has 19 heavy (non-hydrogen) atoms. The molecule has 4 heteroatoms. The maximum absolute atomic E-state index is 11.5. The topological polar surface area (TPSA) is 50.4 Å². The Kier molecular flexibility index (Phi) is 2.93. The van der Waals surface area contributed by atoms with Gasteiger partial charge in [-0.1, -0.05) is 12.1 Å². The maximum atomic E-state index is 11.5. The molecule has 0 atom stereocenters. The van der Waals surface area contributed by atoms with Crippen molar-refractivity contribution in [2.75, 3.05) is 7.11 Å². The normalized spacial score (nSPS) is 19.6. The maximum Gasteiger partial charge on any atom is 0.246 e. The standard InChI is InChI=1S/C15H18N2O2/c1-19-12-5-3-11(4-6-12)10-16-13-9-14(18)17-15(13)7-2-8-15/h3-6,9,16H,2,7-8,10H2,1H3,(H,17,18). The number of methoxy groups -OCH3 is 1. The van der Waals surface area contributed by atoms with Crippen LogP contribution in [0.15, 0.2) is 36.0 Å². The Morgan fingerprint density at radius 1 is 1.32 bits per heavy atom. The molecule has 3 rings (SSSR count). The molecule has 1 spiro atoms. The van der Waals surface area contributed by atoms with Gasteiger partial charge in [-0.3, -0.25) is 4.79 Å². The molecule has 1 fully saturated rings. The van der Waals surface area contributed by atoms with Crippen molar-refractivity contribution in [3.63, 3.8) is 0 Å². The van der Waals surface area contributed by atoms with E-state index in [9.17, 15) is 4.79 Å². The van der Waals surface area contributed by atoms with Crippen molar-refractivity contribution < 1.29 is 9.53 Å². The van der Waals surface area contributed by atoms with Crippen molar-refractivity contribution in [3.8, 4) is 5.75 Å². The third-order valence-corrected chi connectivity index (χ3v) is 4.00. The number of nitrogens with one attached hydrogen (secondary N) is 2. The summed E-state index contributed by atoms with van der Waals surface area (Å²) in [5.74, 6) is 0.882. The average Bonchev–Trinajstić information content (AvgIpc) is 2.74. The van der Waals surface area contributed by atoms with Crippen molar-refractivity contribution in [1.29, 1.82) is 0 Å². The van der Waals surface area contributed by atoms with Crippen molar-refractivity contribution in [1.82, 2.24) is 10.6 Å². The zero-order chi connectivity index (χ0) is 13.3. The number of rotatable bonds is 4. The summed E-state index contributed by atoms with van der Waals surface area (Å²) in [5.41, 5.74) is 2.12. The number of carbonyl (C=O) groups is 1. The number of hydrogen-bond donors (Lipinski definition) is 2. The molecule has 1 amide bonds. The fourth-order valence-corrected chi connectivity index (χ4v) is 2.69. The average molecular weight is 258 g/mol. The third-order valence-electron chi connectivity index (χ3n) is 4.00. The van der Waals surface area contributed by atoms with E-state index in [0.29, 0.717) is 0 Å². The van der Waals surface area contributed by atoms with Crippen LogP contribution in [0.3, 0.4) is 0 Å². The van der Waals surface area contributed by atoms with E-state index < -0.39 is 0 Å². The van der Waals surface area contributed by atoms with E-state index in [-0.39, 0.29) is 11.4 Å². The quantitative estimate of drug-likeness (QED) is 0.864. The summed E-state index contributed by atoms with van der Waals surface area (Å²) >= 11 is 0. The minimum Gasteiger partial charge on any atom is -0.497 e. The molecule has 1 saturated carbocycles. The Hall–Kier alpha value is -1.97. The van der Waals surface area contributed by atoms with Gasteiger partial charge in [-0.2, -0.15) is 0 Å². The smallest absolute Gasteiger partial charge is 0.246 e. The third kappa shape index (κ3) is 2.18. The lowest BCUT2D eigenvalue weighted by atomic mass is 9.75. The molecular formula is C15H18N2O2. The number of benzene rings is 1. The first-order valence-corrected chi connectivity index (χ1v) is 6.63. The van der Waals surface area contributed by atoms with Crippen LogP contribution in [0.4, 0.5) is 0 Å². The van der Waals surface area contributed by atoms with Crippen LogP contribution in [0, 0.1) is 0 Å². The van der Waals surface area contributed by atoms with Gasteiger partial charge in [0.15, 0.2) is 0 Å². The second-order valence-corrected chi connectivity index (χ2v) is 5.18. The Balaban J connectivity index is 1.65. The molecule has 1 aromatic rings. The first-order valence-electron chi connectivity index (χ1n) is 6.63. The molecule has 100 valence electrons. The first-order chi connectivity index (χ1) is 9.22. The first kappa shape index (κ1) is 12.1. The van der Waals surface area contributed by atoms with Crippen LogP contribution in [0.2, 0.25) is 0 Å².